The molecule has 0 fully saturated rings. The second-order valence-corrected chi connectivity index (χ2v) is 10.2. The molecule has 0 saturated heterocycles. The molecule has 0 heterocycles. The number of carbonyl (C=O) groups is 1. The zero-order valence-corrected chi connectivity index (χ0v) is 20.6. The van der Waals surface area contributed by atoms with Crippen LogP contribution in [-0.2, 0) is 16.6 Å². The van der Waals surface area contributed by atoms with E-state index in [1.54, 1.807) is 29.2 Å². The van der Waals surface area contributed by atoms with E-state index < -0.39 is 10.0 Å². The Morgan fingerprint density at radius 2 is 1.45 bits per heavy atom. The summed E-state index contributed by atoms with van der Waals surface area (Å²) in [7, 11) is 1.67. The zero-order valence-electron chi connectivity index (χ0n) is 19.8. The van der Waals surface area contributed by atoms with Gasteiger partial charge in [0.05, 0.1) is 10.6 Å². The van der Waals surface area contributed by atoms with E-state index in [-0.39, 0.29) is 10.8 Å². The van der Waals surface area contributed by atoms with Crippen LogP contribution in [-0.4, -0.2) is 46.9 Å². The van der Waals surface area contributed by atoms with Crippen LogP contribution in [0.1, 0.15) is 28.4 Å². The minimum absolute atomic E-state index is 0.0859. The maximum Gasteiger partial charge on any atom is 0.264 e. The summed E-state index contributed by atoms with van der Waals surface area (Å²) in [6.07, 6.45) is 0. The van der Waals surface area contributed by atoms with Crippen molar-refractivity contribution in [2.24, 2.45) is 0 Å². The molecule has 0 atom stereocenters. The molecular formula is C26H31N3O3S. The second-order valence-electron chi connectivity index (χ2n) is 8.22. The van der Waals surface area contributed by atoms with Gasteiger partial charge >= 0.3 is 0 Å². The van der Waals surface area contributed by atoms with Crippen molar-refractivity contribution in [3.8, 4) is 0 Å². The molecule has 0 N–H and O–H groups in total. The standard InChI is InChI=1S/C26H31N3O3S/c1-6-29(19-21-12-16-23(17-13-21)27(3)4)26(30)22-8-7-9-25(18-22)33(31,32)28(5)24-14-10-20(2)11-15-24/h7-18H,6,19H2,1-5H3. The molecule has 174 valence electrons. The van der Waals surface area contributed by atoms with Crippen molar-refractivity contribution in [1.82, 2.24) is 4.90 Å². The molecule has 33 heavy (non-hydrogen) atoms. The number of anilines is 2. The van der Waals surface area contributed by atoms with Crippen molar-refractivity contribution >= 4 is 27.3 Å². The van der Waals surface area contributed by atoms with Crippen molar-refractivity contribution in [3.05, 3.63) is 89.5 Å². The molecule has 3 rings (SSSR count). The fourth-order valence-corrected chi connectivity index (χ4v) is 4.71. The monoisotopic (exact) mass is 465 g/mol. The van der Waals surface area contributed by atoms with Gasteiger partial charge in [-0.15, -0.1) is 0 Å². The normalized spacial score (nSPS) is 11.2. The SMILES string of the molecule is CCN(Cc1ccc(N(C)C)cc1)C(=O)c1cccc(S(=O)(=O)N(C)c2ccc(C)cc2)c1. The minimum atomic E-state index is -3.81. The van der Waals surface area contributed by atoms with Gasteiger partial charge in [0, 0.05) is 45.5 Å². The van der Waals surface area contributed by atoms with E-state index in [9.17, 15) is 13.2 Å². The molecule has 0 aromatic heterocycles. The first-order valence-corrected chi connectivity index (χ1v) is 12.3. The Balaban J connectivity index is 1.83. The maximum atomic E-state index is 13.2. The van der Waals surface area contributed by atoms with Gasteiger partial charge in [0.2, 0.25) is 0 Å². The van der Waals surface area contributed by atoms with Gasteiger partial charge in [0.25, 0.3) is 15.9 Å². The average Bonchev–Trinajstić information content (AvgIpc) is 2.82. The third kappa shape index (κ3) is 5.54. The molecule has 7 heteroatoms. The Labute approximate surface area is 197 Å². The van der Waals surface area contributed by atoms with Crippen LogP contribution in [0.5, 0.6) is 0 Å². The number of aryl methyl sites for hydroxylation is 1. The molecule has 0 aliphatic heterocycles. The van der Waals surface area contributed by atoms with E-state index in [4.69, 9.17) is 0 Å². The predicted molar refractivity (Wildman–Crippen MR) is 134 cm³/mol. The third-order valence-corrected chi connectivity index (χ3v) is 7.41. The zero-order chi connectivity index (χ0) is 24.2. The molecule has 1 amide bonds. The lowest BCUT2D eigenvalue weighted by Crippen LogP contribution is -2.31. The van der Waals surface area contributed by atoms with Gasteiger partial charge in [-0.3, -0.25) is 9.10 Å². The van der Waals surface area contributed by atoms with Gasteiger partial charge < -0.3 is 9.80 Å². The summed E-state index contributed by atoms with van der Waals surface area (Å²) < 4.78 is 27.6. The average molecular weight is 466 g/mol. The maximum absolute atomic E-state index is 13.2. The molecule has 0 aliphatic rings. The second kappa shape index (κ2) is 10.1. The summed E-state index contributed by atoms with van der Waals surface area (Å²) in [6.45, 7) is 4.82. The minimum Gasteiger partial charge on any atom is -0.378 e. The summed E-state index contributed by atoms with van der Waals surface area (Å²) >= 11 is 0. The van der Waals surface area contributed by atoms with Crippen molar-refractivity contribution in [1.29, 1.82) is 0 Å². The Morgan fingerprint density at radius 1 is 0.848 bits per heavy atom. The van der Waals surface area contributed by atoms with E-state index in [1.165, 1.54) is 23.5 Å². The molecule has 0 aliphatic carbocycles. The van der Waals surface area contributed by atoms with Crippen LogP contribution < -0.4 is 9.21 Å². The Morgan fingerprint density at radius 3 is 2.03 bits per heavy atom. The molecule has 0 radical (unpaired) electrons. The first-order valence-electron chi connectivity index (χ1n) is 10.8. The van der Waals surface area contributed by atoms with E-state index in [0.717, 1.165) is 16.8 Å². The lowest BCUT2D eigenvalue weighted by Gasteiger charge is -2.23. The summed E-state index contributed by atoms with van der Waals surface area (Å²) in [5.41, 5.74) is 4.06. The Bertz CT molecular complexity index is 1200. The van der Waals surface area contributed by atoms with Gasteiger partial charge in [-0.05, 0) is 61.9 Å². The number of amides is 1. The predicted octanol–water partition coefficient (Wildman–Crippen LogP) is 4.55. The van der Waals surface area contributed by atoms with Crippen molar-refractivity contribution in [2.45, 2.75) is 25.3 Å². The number of benzene rings is 3. The quantitative estimate of drug-likeness (QED) is 0.490. The number of nitrogens with zero attached hydrogens (tertiary/aromatic N) is 3. The summed E-state index contributed by atoms with van der Waals surface area (Å²) in [5, 5.41) is 0. The number of sulfonamides is 1. The highest BCUT2D eigenvalue weighted by Crippen LogP contribution is 2.24. The van der Waals surface area contributed by atoms with Gasteiger partial charge in [-0.25, -0.2) is 8.42 Å². The fraction of sp³-hybridized carbons (Fsp3) is 0.269. The Kier molecular flexibility index (Phi) is 7.43. The lowest BCUT2D eigenvalue weighted by molar-refractivity contribution is 0.0752. The van der Waals surface area contributed by atoms with Crippen LogP contribution in [0.25, 0.3) is 0 Å². The molecule has 3 aromatic carbocycles. The van der Waals surface area contributed by atoms with Gasteiger partial charge in [0.1, 0.15) is 0 Å². The van der Waals surface area contributed by atoms with Crippen LogP contribution in [0.3, 0.4) is 0 Å². The number of hydrogen-bond acceptors (Lipinski definition) is 4. The van der Waals surface area contributed by atoms with Crippen LogP contribution >= 0.6 is 0 Å². The number of hydrogen-bond donors (Lipinski definition) is 0. The smallest absolute Gasteiger partial charge is 0.264 e. The topological polar surface area (TPSA) is 60.9 Å². The van der Waals surface area contributed by atoms with Crippen molar-refractivity contribution < 1.29 is 13.2 Å². The van der Waals surface area contributed by atoms with Crippen molar-refractivity contribution in [2.75, 3.05) is 36.9 Å². The molecule has 0 spiro atoms. The van der Waals surface area contributed by atoms with Crippen LogP contribution in [0.4, 0.5) is 11.4 Å². The number of carbonyl (C=O) groups excluding carboxylic acids is 1. The highest BCUT2D eigenvalue weighted by atomic mass is 32.2. The summed E-state index contributed by atoms with van der Waals surface area (Å²) in [5.74, 6) is -0.204. The summed E-state index contributed by atoms with van der Waals surface area (Å²) in [6, 6.07) is 21.6. The molecule has 0 unspecified atom stereocenters. The van der Waals surface area contributed by atoms with Crippen LogP contribution in [0, 0.1) is 6.92 Å². The molecular weight excluding hydrogens is 434 g/mol. The van der Waals surface area contributed by atoms with Crippen molar-refractivity contribution in [3.63, 3.8) is 0 Å². The summed E-state index contributed by atoms with van der Waals surface area (Å²) in [4.78, 5) is 17.0. The highest BCUT2D eigenvalue weighted by molar-refractivity contribution is 7.92. The first kappa shape index (κ1) is 24.3. The lowest BCUT2D eigenvalue weighted by atomic mass is 10.1. The van der Waals surface area contributed by atoms with E-state index in [2.05, 4.69) is 0 Å². The molecule has 0 saturated carbocycles. The van der Waals surface area contributed by atoms with E-state index in [0.29, 0.717) is 24.3 Å². The molecule has 6 nitrogen and oxygen atoms in total. The Hall–Kier alpha value is -3.32. The molecule has 3 aromatic rings. The van der Waals surface area contributed by atoms with Gasteiger partial charge in [-0.2, -0.15) is 0 Å². The number of rotatable bonds is 8. The first-order chi connectivity index (χ1) is 15.6. The van der Waals surface area contributed by atoms with Crippen LogP contribution in [0.15, 0.2) is 77.7 Å². The van der Waals surface area contributed by atoms with E-state index in [1.807, 2.05) is 69.2 Å². The van der Waals surface area contributed by atoms with Gasteiger partial charge in [0.15, 0.2) is 0 Å². The van der Waals surface area contributed by atoms with Gasteiger partial charge in [-0.1, -0.05) is 35.9 Å². The van der Waals surface area contributed by atoms with E-state index >= 15 is 0 Å². The highest BCUT2D eigenvalue weighted by Gasteiger charge is 2.23. The fourth-order valence-electron chi connectivity index (χ4n) is 3.47. The molecule has 0 bridgehead atoms. The third-order valence-electron chi connectivity index (χ3n) is 5.63. The van der Waals surface area contributed by atoms with Crippen LogP contribution in [0.2, 0.25) is 0 Å². The largest absolute Gasteiger partial charge is 0.378 e.